The number of methoxy groups -OCH3 is 1. The lowest BCUT2D eigenvalue weighted by molar-refractivity contribution is -0.000147. The smallest absolute Gasteiger partial charge is 0.0726 e. The molecule has 16 heavy (non-hydrogen) atoms. The van der Waals surface area contributed by atoms with Gasteiger partial charge in [-0.3, -0.25) is 4.90 Å². The van der Waals surface area contributed by atoms with Crippen molar-refractivity contribution in [2.24, 2.45) is 5.92 Å². The van der Waals surface area contributed by atoms with Crippen LogP contribution < -0.4 is 0 Å². The Morgan fingerprint density at radius 2 is 1.88 bits per heavy atom. The monoisotopic (exact) mass is 247 g/mol. The van der Waals surface area contributed by atoms with Crippen molar-refractivity contribution >= 4 is 11.8 Å². The van der Waals surface area contributed by atoms with Crippen molar-refractivity contribution in [3.8, 4) is 0 Å². The van der Waals surface area contributed by atoms with Crippen LogP contribution in [0.25, 0.3) is 0 Å². The zero-order valence-corrected chi connectivity index (χ0v) is 12.6. The van der Waals surface area contributed by atoms with Gasteiger partial charge in [0.2, 0.25) is 0 Å². The number of rotatable bonds is 9. The van der Waals surface area contributed by atoms with Crippen molar-refractivity contribution in [1.82, 2.24) is 4.90 Å². The molecule has 0 bridgehead atoms. The van der Waals surface area contributed by atoms with Crippen molar-refractivity contribution < 1.29 is 4.74 Å². The molecule has 0 saturated carbocycles. The fourth-order valence-electron chi connectivity index (χ4n) is 2.26. The van der Waals surface area contributed by atoms with E-state index in [1.807, 2.05) is 18.9 Å². The summed E-state index contributed by atoms with van der Waals surface area (Å²) >= 11 is 1.91. The summed E-state index contributed by atoms with van der Waals surface area (Å²) in [6.45, 7) is 7.96. The number of ether oxygens (including phenoxy) is 1. The molecule has 98 valence electrons. The topological polar surface area (TPSA) is 12.5 Å². The lowest BCUT2D eigenvalue weighted by Gasteiger charge is -2.37. The van der Waals surface area contributed by atoms with E-state index in [0.29, 0.717) is 18.1 Å². The van der Waals surface area contributed by atoms with Crippen molar-refractivity contribution in [2.45, 2.75) is 45.8 Å². The van der Waals surface area contributed by atoms with E-state index in [2.05, 4.69) is 39.0 Å². The number of hydrogen-bond donors (Lipinski definition) is 0. The summed E-state index contributed by atoms with van der Waals surface area (Å²) < 4.78 is 5.64. The molecule has 0 aromatic carbocycles. The second kappa shape index (κ2) is 9.32. The highest BCUT2D eigenvalue weighted by atomic mass is 32.2. The maximum atomic E-state index is 5.64. The van der Waals surface area contributed by atoms with Gasteiger partial charge in [0.25, 0.3) is 0 Å². The number of thioether (sulfide) groups is 1. The summed E-state index contributed by atoms with van der Waals surface area (Å²) in [5.41, 5.74) is 0. The molecule has 0 aromatic heterocycles. The Morgan fingerprint density at radius 1 is 1.25 bits per heavy atom. The number of likely N-dealkylation sites (N-methyl/N-ethyl adjacent to an activating group) is 1. The van der Waals surface area contributed by atoms with Crippen molar-refractivity contribution in [3.05, 3.63) is 0 Å². The van der Waals surface area contributed by atoms with Crippen LogP contribution in [-0.2, 0) is 4.74 Å². The SMILES string of the molecule is CCC(C)C(C(CC)OC)N(C)CCSC. The molecule has 0 saturated heterocycles. The zero-order valence-electron chi connectivity index (χ0n) is 11.8. The van der Waals surface area contributed by atoms with Crippen LogP contribution in [0.4, 0.5) is 0 Å². The van der Waals surface area contributed by atoms with E-state index in [0.717, 1.165) is 13.0 Å². The van der Waals surface area contributed by atoms with Crippen LogP contribution in [0.15, 0.2) is 0 Å². The highest BCUT2D eigenvalue weighted by molar-refractivity contribution is 7.98. The lowest BCUT2D eigenvalue weighted by atomic mass is 9.91. The van der Waals surface area contributed by atoms with E-state index in [1.54, 1.807) is 0 Å². The second-order valence-corrected chi connectivity index (χ2v) is 5.52. The summed E-state index contributed by atoms with van der Waals surface area (Å²) in [6.07, 6.45) is 4.84. The molecule has 0 radical (unpaired) electrons. The van der Waals surface area contributed by atoms with E-state index < -0.39 is 0 Å². The molecular weight excluding hydrogens is 218 g/mol. The fourth-order valence-corrected chi connectivity index (χ4v) is 2.73. The minimum Gasteiger partial charge on any atom is -0.380 e. The average molecular weight is 247 g/mol. The third kappa shape index (κ3) is 5.07. The average Bonchev–Trinajstić information content (AvgIpc) is 2.31. The first-order valence-corrected chi connectivity index (χ1v) is 7.73. The predicted octanol–water partition coefficient (Wildman–Crippen LogP) is 3.12. The molecule has 0 spiro atoms. The molecule has 2 nitrogen and oxygen atoms in total. The molecule has 3 unspecified atom stereocenters. The molecule has 0 amide bonds. The first kappa shape index (κ1) is 16.3. The standard InChI is InChI=1S/C13H29NOS/c1-7-11(3)13(12(8-2)15-5)14(4)9-10-16-6/h11-13H,7-10H2,1-6H3. The summed E-state index contributed by atoms with van der Waals surface area (Å²) in [5, 5.41) is 0. The van der Waals surface area contributed by atoms with Crippen LogP contribution in [0.5, 0.6) is 0 Å². The second-order valence-electron chi connectivity index (χ2n) is 4.53. The van der Waals surface area contributed by atoms with Gasteiger partial charge in [0.1, 0.15) is 0 Å². The molecule has 0 aliphatic heterocycles. The van der Waals surface area contributed by atoms with Crippen LogP contribution in [-0.4, -0.2) is 49.8 Å². The summed E-state index contributed by atoms with van der Waals surface area (Å²) in [6, 6.07) is 0.548. The normalized spacial score (nSPS) is 17.4. The molecule has 0 rings (SSSR count). The molecule has 0 heterocycles. The molecule has 0 fully saturated rings. The molecule has 0 N–H and O–H groups in total. The molecule has 3 heteroatoms. The van der Waals surface area contributed by atoms with Gasteiger partial charge in [0, 0.05) is 25.4 Å². The van der Waals surface area contributed by atoms with Crippen LogP contribution in [0.2, 0.25) is 0 Å². The molecular formula is C13H29NOS. The first-order valence-electron chi connectivity index (χ1n) is 6.34. The van der Waals surface area contributed by atoms with Gasteiger partial charge < -0.3 is 4.74 Å². The first-order chi connectivity index (χ1) is 7.62. The Kier molecular flexibility index (Phi) is 9.47. The minimum absolute atomic E-state index is 0.363. The Hall–Kier alpha value is 0.270. The number of nitrogens with zero attached hydrogens (tertiary/aromatic N) is 1. The van der Waals surface area contributed by atoms with Gasteiger partial charge in [0.15, 0.2) is 0 Å². The summed E-state index contributed by atoms with van der Waals surface area (Å²) in [5.74, 6) is 1.89. The van der Waals surface area contributed by atoms with Crippen molar-refractivity contribution in [1.29, 1.82) is 0 Å². The van der Waals surface area contributed by atoms with Crippen LogP contribution in [0.1, 0.15) is 33.6 Å². The van der Waals surface area contributed by atoms with Gasteiger partial charge in [-0.15, -0.1) is 0 Å². The van der Waals surface area contributed by atoms with E-state index in [4.69, 9.17) is 4.74 Å². The van der Waals surface area contributed by atoms with Crippen LogP contribution >= 0.6 is 11.8 Å². The quantitative estimate of drug-likeness (QED) is 0.621. The van der Waals surface area contributed by atoms with E-state index in [9.17, 15) is 0 Å². The van der Waals surface area contributed by atoms with Gasteiger partial charge in [-0.05, 0) is 25.6 Å². The lowest BCUT2D eigenvalue weighted by Crippen LogP contribution is -2.47. The van der Waals surface area contributed by atoms with Gasteiger partial charge >= 0.3 is 0 Å². The van der Waals surface area contributed by atoms with Gasteiger partial charge in [0.05, 0.1) is 6.10 Å². The Bertz CT molecular complexity index is 162. The van der Waals surface area contributed by atoms with Crippen LogP contribution in [0.3, 0.4) is 0 Å². The minimum atomic E-state index is 0.363. The van der Waals surface area contributed by atoms with Crippen molar-refractivity contribution in [3.63, 3.8) is 0 Å². The highest BCUT2D eigenvalue weighted by Gasteiger charge is 2.28. The Morgan fingerprint density at radius 3 is 2.25 bits per heavy atom. The van der Waals surface area contributed by atoms with Crippen LogP contribution in [0, 0.1) is 5.92 Å². The molecule has 0 aliphatic carbocycles. The third-order valence-corrected chi connectivity index (χ3v) is 4.06. The Labute approximate surface area is 106 Å². The highest BCUT2D eigenvalue weighted by Crippen LogP contribution is 2.21. The van der Waals surface area contributed by atoms with Gasteiger partial charge in [-0.1, -0.05) is 27.2 Å². The third-order valence-electron chi connectivity index (χ3n) is 3.47. The molecule has 0 aromatic rings. The maximum Gasteiger partial charge on any atom is 0.0726 e. The predicted molar refractivity (Wildman–Crippen MR) is 75.3 cm³/mol. The van der Waals surface area contributed by atoms with E-state index in [1.165, 1.54) is 12.2 Å². The van der Waals surface area contributed by atoms with E-state index in [-0.39, 0.29) is 0 Å². The zero-order chi connectivity index (χ0) is 12.6. The largest absolute Gasteiger partial charge is 0.380 e. The maximum absolute atomic E-state index is 5.64. The molecule has 0 aliphatic rings. The van der Waals surface area contributed by atoms with Gasteiger partial charge in [-0.25, -0.2) is 0 Å². The molecule has 3 atom stereocenters. The Balaban J connectivity index is 4.50. The fraction of sp³-hybridized carbons (Fsp3) is 1.00. The number of hydrogen-bond acceptors (Lipinski definition) is 3. The van der Waals surface area contributed by atoms with Crippen molar-refractivity contribution in [2.75, 3.05) is 32.7 Å². The van der Waals surface area contributed by atoms with E-state index >= 15 is 0 Å². The summed E-state index contributed by atoms with van der Waals surface area (Å²) in [4.78, 5) is 2.47. The summed E-state index contributed by atoms with van der Waals surface area (Å²) in [7, 11) is 4.07. The van der Waals surface area contributed by atoms with Gasteiger partial charge in [-0.2, -0.15) is 11.8 Å².